The van der Waals surface area contributed by atoms with E-state index in [1.165, 1.54) is 25.7 Å². The fourth-order valence-corrected chi connectivity index (χ4v) is 3.50. The van der Waals surface area contributed by atoms with Gasteiger partial charge in [-0.1, -0.05) is 6.42 Å². The Morgan fingerprint density at radius 3 is 2.96 bits per heavy atom. The van der Waals surface area contributed by atoms with E-state index in [1.807, 2.05) is 18.2 Å². The minimum atomic E-state index is 0.106. The van der Waals surface area contributed by atoms with E-state index in [2.05, 4.69) is 20.6 Å². The molecule has 0 radical (unpaired) electrons. The first-order valence-corrected chi connectivity index (χ1v) is 8.78. The third kappa shape index (κ3) is 3.24. The molecule has 1 atom stereocenters. The Bertz CT molecular complexity index is 698. The molecular weight excluding hydrogens is 288 g/mol. The lowest BCUT2D eigenvalue weighted by Gasteiger charge is -2.22. The van der Waals surface area contributed by atoms with Gasteiger partial charge in [0.2, 0.25) is 5.91 Å². The van der Waals surface area contributed by atoms with Crippen LogP contribution in [-0.4, -0.2) is 29.0 Å². The van der Waals surface area contributed by atoms with Crippen LogP contribution < -0.4 is 10.6 Å². The van der Waals surface area contributed by atoms with Crippen molar-refractivity contribution in [1.82, 2.24) is 15.3 Å². The Hall–Kier alpha value is -1.88. The number of hydrogen-bond acceptors (Lipinski definition) is 3. The van der Waals surface area contributed by atoms with Crippen molar-refractivity contribution in [2.75, 3.05) is 18.4 Å². The smallest absolute Gasteiger partial charge is 0.224 e. The van der Waals surface area contributed by atoms with Crippen LogP contribution in [0.15, 0.2) is 18.2 Å². The topological polar surface area (TPSA) is 69.8 Å². The predicted octanol–water partition coefficient (Wildman–Crippen LogP) is 3.16. The van der Waals surface area contributed by atoms with E-state index in [0.29, 0.717) is 18.3 Å². The molecule has 23 heavy (non-hydrogen) atoms. The highest BCUT2D eigenvalue weighted by Crippen LogP contribution is 2.35. The van der Waals surface area contributed by atoms with Crippen LogP contribution in [0.4, 0.5) is 5.69 Å². The quantitative estimate of drug-likeness (QED) is 0.794. The van der Waals surface area contributed by atoms with Crippen LogP contribution >= 0.6 is 0 Å². The molecular formula is C18H24N4O. The van der Waals surface area contributed by atoms with Gasteiger partial charge in [0.15, 0.2) is 0 Å². The average Bonchev–Trinajstić information content (AvgIpc) is 3.11. The molecule has 122 valence electrons. The molecule has 5 heteroatoms. The summed E-state index contributed by atoms with van der Waals surface area (Å²) in [6, 6.07) is 5.94. The third-order valence-corrected chi connectivity index (χ3v) is 5.22. The maximum absolute atomic E-state index is 12.1. The van der Waals surface area contributed by atoms with Crippen molar-refractivity contribution < 1.29 is 4.79 Å². The highest BCUT2D eigenvalue weighted by Gasteiger charge is 2.22. The van der Waals surface area contributed by atoms with Crippen LogP contribution in [0.5, 0.6) is 0 Å². The van der Waals surface area contributed by atoms with Crippen molar-refractivity contribution in [2.45, 2.75) is 44.4 Å². The van der Waals surface area contributed by atoms with E-state index in [1.54, 1.807) is 0 Å². The fraction of sp³-hybridized carbons (Fsp3) is 0.556. The zero-order valence-electron chi connectivity index (χ0n) is 13.4. The van der Waals surface area contributed by atoms with E-state index < -0.39 is 0 Å². The molecule has 1 saturated carbocycles. The maximum atomic E-state index is 12.1. The number of imidazole rings is 1. The van der Waals surface area contributed by atoms with Crippen LogP contribution in [0.3, 0.4) is 0 Å². The Kier molecular flexibility index (Phi) is 4.04. The molecule has 1 aliphatic carbocycles. The Morgan fingerprint density at radius 1 is 1.30 bits per heavy atom. The summed E-state index contributed by atoms with van der Waals surface area (Å²) in [6.45, 7) is 2.14. The standard InChI is InChI=1S/C18H24N4O/c23-17(7-4-12-8-9-19-11-12)20-14-5-6-15-16(10-14)22-18(21-15)13-2-1-3-13/h5-6,10,12-13,19H,1-4,7-9,11H2,(H,20,23)(H,21,22). The van der Waals surface area contributed by atoms with Gasteiger partial charge >= 0.3 is 0 Å². The monoisotopic (exact) mass is 312 g/mol. The number of benzene rings is 1. The summed E-state index contributed by atoms with van der Waals surface area (Å²) in [7, 11) is 0. The van der Waals surface area contributed by atoms with E-state index in [9.17, 15) is 4.79 Å². The van der Waals surface area contributed by atoms with Crippen molar-refractivity contribution in [3.05, 3.63) is 24.0 Å². The average molecular weight is 312 g/mol. The number of nitrogens with zero attached hydrogens (tertiary/aromatic N) is 1. The number of fused-ring (bicyclic) bond motifs is 1. The SMILES string of the molecule is O=C(CCC1CCNC1)Nc1ccc2nc(C3CCC3)[nH]c2c1. The minimum Gasteiger partial charge on any atom is -0.342 e. The van der Waals surface area contributed by atoms with Crippen LogP contribution in [-0.2, 0) is 4.79 Å². The summed E-state index contributed by atoms with van der Waals surface area (Å²) in [5.74, 6) is 2.46. The molecule has 2 heterocycles. The number of rotatable bonds is 5. The molecule has 1 amide bonds. The summed E-state index contributed by atoms with van der Waals surface area (Å²) >= 11 is 0. The van der Waals surface area contributed by atoms with E-state index in [0.717, 1.165) is 42.1 Å². The molecule has 1 unspecified atom stereocenters. The number of H-pyrrole nitrogens is 1. The van der Waals surface area contributed by atoms with Crippen molar-refractivity contribution >= 4 is 22.6 Å². The normalized spacial score (nSPS) is 21.5. The molecule has 5 nitrogen and oxygen atoms in total. The van der Waals surface area contributed by atoms with Crippen molar-refractivity contribution in [3.63, 3.8) is 0 Å². The third-order valence-electron chi connectivity index (χ3n) is 5.22. The zero-order valence-corrected chi connectivity index (χ0v) is 13.4. The molecule has 2 aliphatic rings. The van der Waals surface area contributed by atoms with Crippen LogP contribution in [0, 0.1) is 5.92 Å². The molecule has 0 spiro atoms. The van der Waals surface area contributed by atoms with Gasteiger partial charge < -0.3 is 15.6 Å². The van der Waals surface area contributed by atoms with Crippen LogP contribution in [0.2, 0.25) is 0 Å². The molecule has 3 N–H and O–H groups in total. The highest BCUT2D eigenvalue weighted by molar-refractivity contribution is 5.93. The van der Waals surface area contributed by atoms with Crippen LogP contribution in [0.25, 0.3) is 11.0 Å². The highest BCUT2D eigenvalue weighted by atomic mass is 16.1. The molecule has 4 rings (SSSR count). The fourth-order valence-electron chi connectivity index (χ4n) is 3.50. The minimum absolute atomic E-state index is 0.106. The van der Waals surface area contributed by atoms with Crippen molar-refractivity contribution in [2.24, 2.45) is 5.92 Å². The Morgan fingerprint density at radius 2 is 2.22 bits per heavy atom. The molecule has 0 bridgehead atoms. The number of carbonyl (C=O) groups excluding carboxylic acids is 1. The largest absolute Gasteiger partial charge is 0.342 e. The van der Waals surface area contributed by atoms with Crippen molar-refractivity contribution in [1.29, 1.82) is 0 Å². The molecule has 2 aromatic rings. The molecule has 1 aromatic carbocycles. The summed E-state index contributed by atoms with van der Waals surface area (Å²) in [6.07, 6.45) is 6.54. The number of nitrogens with one attached hydrogen (secondary N) is 3. The summed E-state index contributed by atoms with van der Waals surface area (Å²) in [5, 5.41) is 6.36. The van der Waals surface area contributed by atoms with Gasteiger partial charge in [0.1, 0.15) is 5.82 Å². The molecule has 1 aliphatic heterocycles. The van der Waals surface area contributed by atoms with Gasteiger partial charge in [-0.2, -0.15) is 0 Å². The number of hydrogen-bond donors (Lipinski definition) is 3. The van der Waals surface area contributed by atoms with Crippen molar-refractivity contribution in [3.8, 4) is 0 Å². The number of anilines is 1. The molecule has 1 saturated heterocycles. The molecule has 2 fully saturated rings. The second-order valence-electron chi connectivity index (χ2n) is 6.93. The Balaban J connectivity index is 1.38. The van der Waals surface area contributed by atoms with Crippen LogP contribution in [0.1, 0.15) is 50.3 Å². The van der Waals surface area contributed by atoms with E-state index >= 15 is 0 Å². The summed E-state index contributed by atoms with van der Waals surface area (Å²) in [4.78, 5) is 20.2. The first-order valence-electron chi connectivity index (χ1n) is 8.78. The van der Waals surface area contributed by atoms with Gasteiger partial charge in [-0.25, -0.2) is 4.98 Å². The first kappa shape index (κ1) is 14.7. The number of amides is 1. The summed E-state index contributed by atoms with van der Waals surface area (Å²) in [5.41, 5.74) is 2.86. The maximum Gasteiger partial charge on any atom is 0.224 e. The van der Waals surface area contributed by atoms with E-state index in [-0.39, 0.29) is 5.91 Å². The first-order chi connectivity index (χ1) is 11.3. The zero-order chi connectivity index (χ0) is 15.6. The predicted molar refractivity (Wildman–Crippen MR) is 91.5 cm³/mol. The van der Waals surface area contributed by atoms with Gasteiger partial charge in [0.05, 0.1) is 11.0 Å². The van der Waals surface area contributed by atoms with Gasteiger partial charge in [-0.15, -0.1) is 0 Å². The summed E-state index contributed by atoms with van der Waals surface area (Å²) < 4.78 is 0. The van der Waals surface area contributed by atoms with E-state index in [4.69, 9.17) is 0 Å². The van der Waals surface area contributed by atoms with Gasteiger partial charge in [0, 0.05) is 18.0 Å². The van der Waals surface area contributed by atoms with Gasteiger partial charge in [0.25, 0.3) is 0 Å². The van der Waals surface area contributed by atoms with Gasteiger partial charge in [-0.05, 0) is 62.9 Å². The second-order valence-corrected chi connectivity index (χ2v) is 6.93. The lowest BCUT2D eigenvalue weighted by atomic mass is 9.85. The molecule has 1 aromatic heterocycles. The van der Waals surface area contributed by atoms with Gasteiger partial charge in [-0.3, -0.25) is 4.79 Å². The lowest BCUT2D eigenvalue weighted by molar-refractivity contribution is -0.116. The Labute approximate surface area is 136 Å². The second kappa shape index (κ2) is 6.32. The lowest BCUT2D eigenvalue weighted by Crippen LogP contribution is -2.14. The number of aromatic nitrogens is 2. The number of carbonyl (C=O) groups is 1. The number of aromatic amines is 1.